The van der Waals surface area contributed by atoms with Crippen LogP contribution in [0.3, 0.4) is 0 Å². The minimum absolute atomic E-state index is 0.0227. The van der Waals surface area contributed by atoms with Crippen LogP contribution in [0.15, 0.2) is 12.7 Å². The number of aliphatic hydroxyl groups excluding tert-OH is 2. The Bertz CT molecular complexity index is 1100. The van der Waals surface area contributed by atoms with E-state index < -0.39 is 54.6 Å². The van der Waals surface area contributed by atoms with E-state index in [1.165, 1.54) is 0 Å². The molecule has 1 aliphatic rings. The Hall–Kier alpha value is -1.36. The minimum Gasteiger partial charge on any atom is -0.394 e. The number of imidazole rings is 1. The van der Waals surface area contributed by atoms with Crippen LogP contribution in [0.4, 0.5) is 5.82 Å². The molecule has 8 N–H and O–H groups in total. The summed E-state index contributed by atoms with van der Waals surface area (Å²) in [5.41, 5.74) is 5.82. The molecule has 0 amide bonds. The van der Waals surface area contributed by atoms with Crippen LogP contribution in [0.5, 0.6) is 0 Å². The lowest BCUT2D eigenvalue weighted by atomic mass is 10.1. The normalized spacial score (nSPS) is 28.5. The molecule has 0 saturated carbocycles. The lowest BCUT2D eigenvalue weighted by molar-refractivity contribution is -0.0505. The van der Waals surface area contributed by atoms with E-state index in [4.69, 9.17) is 24.8 Å². The summed E-state index contributed by atoms with van der Waals surface area (Å²) in [6.45, 7) is -0.766. The molecular weight excluding hydrogens is 491 g/mol. The van der Waals surface area contributed by atoms with Crippen molar-refractivity contribution in [1.82, 2.24) is 19.5 Å². The molecule has 0 aromatic carbocycles. The molecule has 3 heterocycles. The van der Waals surface area contributed by atoms with Gasteiger partial charge in [-0.1, -0.05) is 0 Å². The van der Waals surface area contributed by atoms with Gasteiger partial charge in [0.25, 0.3) is 0 Å². The average Bonchev–Trinajstić information content (AvgIpc) is 3.14. The van der Waals surface area contributed by atoms with Crippen LogP contribution in [-0.2, 0) is 31.6 Å². The second kappa shape index (κ2) is 8.53. The zero-order valence-corrected chi connectivity index (χ0v) is 17.6. The Balaban J connectivity index is 1.91. The van der Waals surface area contributed by atoms with E-state index in [-0.39, 0.29) is 17.0 Å². The van der Waals surface area contributed by atoms with Crippen molar-refractivity contribution in [2.75, 3.05) is 12.3 Å². The number of fused-ring (bicyclic) bond motifs is 1. The first kappa shape index (κ1) is 24.3. The van der Waals surface area contributed by atoms with E-state index in [1.54, 1.807) is 0 Å². The summed E-state index contributed by atoms with van der Waals surface area (Å²) >= 11 is 0. The summed E-state index contributed by atoms with van der Waals surface area (Å²) in [6.07, 6.45) is -4.27. The van der Waals surface area contributed by atoms with Crippen molar-refractivity contribution in [3.8, 4) is 0 Å². The van der Waals surface area contributed by atoms with Gasteiger partial charge in [0, 0.05) is 0 Å². The van der Waals surface area contributed by atoms with Gasteiger partial charge < -0.3 is 40.3 Å². The van der Waals surface area contributed by atoms with Gasteiger partial charge in [0.2, 0.25) is 0 Å². The molecule has 2 unspecified atom stereocenters. The number of phosphoric acid groups is 3. The van der Waals surface area contributed by atoms with E-state index in [9.17, 15) is 33.7 Å². The number of nitrogens with two attached hydrogens (primary N) is 1. The SMILES string of the molecule is Nc1ncnc2c1ncn2[C@@H]1O[C@H](CO)[C@@H](O)[C@@H]1OP(=O)(O)OP(=O)(O)OP(=O)(O)O. The molecule has 0 radical (unpaired) electrons. The number of hydrogen-bond donors (Lipinski definition) is 7. The molecule has 2 aromatic rings. The minimum atomic E-state index is -5.79. The summed E-state index contributed by atoms with van der Waals surface area (Å²) in [7, 11) is -17.0. The smallest absolute Gasteiger partial charge is 0.394 e. The summed E-state index contributed by atoms with van der Waals surface area (Å²) in [5.74, 6) is -0.0227. The Morgan fingerprint density at radius 2 is 1.77 bits per heavy atom. The number of aromatic nitrogens is 4. The van der Waals surface area contributed by atoms with Gasteiger partial charge >= 0.3 is 23.5 Å². The highest BCUT2D eigenvalue weighted by Crippen LogP contribution is 2.67. The number of anilines is 1. The monoisotopic (exact) mass is 507 g/mol. The van der Waals surface area contributed by atoms with Crippen LogP contribution >= 0.6 is 23.5 Å². The third-order valence-corrected chi connectivity index (χ3v) is 7.66. The van der Waals surface area contributed by atoms with Gasteiger partial charge in [-0.05, 0) is 0 Å². The van der Waals surface area contributed by atoms with Gasteiger partial charge in [0.15, 0.2) is 17.7 Å². The molecule has 18 nitrogen and oxygen atoms in total. The fourth-order valence-corrected chi connectivity index (χ4v) is 5.91. The van der Waals surface area contributed by atoms with Crippen molar-refractivity contribution >= 4 is 40.4 Å². The number of ether oxygens (including phenoxy) is 1. The number of aliphatic hydroxyl groups is 2. The van der Waals surface area contributed by atoms with Crippen LogP contribution in [0.1, 0.15) is 6.23 Å². The maximum Gasteiger partial charge on any atom is 0.490 e. The molecule has 1 saturated heterocycles. The summed E-state index contributed by atoms with van der Waals surface area (Å²) < 4.78 is 53.0. The second-order valence-electron chi connectivity index (χ2n) is 5.98. The second-order valence-corrected chi connectivity index (χ2v) is 10.4. The molecule has 3 rings (SSSR count). The molecular formula is C10H16N5O13P3. The van der Waals surface area contributed by atoms with Gasteiger partial charge in [-0.3, -0.25) is 9.09 Å². The summed E-state index contributed by atoms with van der Waals surface area (Å²) in [4.78, 5) is 47.8. The van der Waals surface area contributed by atoms with Crippen LogP contribution in [0, 0.1) is 0 Å². The van der Waals surface area contributed by atoms with Gasteiger partial charge in [0.05, 0.1) is 12.9 Å². The Kier molecular flexibility index (Phi) is 6.68. The summed E-state index contributed by atoms with van der Waals surface area (Å²) in [6, 6.07) is 0. The third-order valence-electron chi connectivity index (χ3n) is 3.82. The lowest BCUT2D eigenvalue weighted by Gasteiger charge is -2.24. The highest BCUT2D eigenvalue weighted by molar-refractivity contribution is 7.66. The third kappa shape index (κ3) is 5.53. The molecule has 174 valence electrons. The zero-order valence-electron chi connectivity index (χ0n) is 14.9. The summed E-state index contributed by atoms with van der Waals surface area (Å²) in [5, 5.41) is 19.7. The molecule has 0 bridgehead atoms. The number of hydrogen-bond acceptors (Lipinski definition) is 13. The van der Waals surface area contributed by atoms with Gasteiger partial charge in [-0.2, -0.15) is 8.62 Å². The topological polar surface area (TPSA) is 279 Å². The van der Waals surface area contributed by atoms with Crippen molar-refractivity contribution < 1.29 is 61.4 Å². The molecule has 1 fully saturated rings. The number of nitrogen functional groups attached to an aromatic ring is 1. The molecule has 0 spiro atoms. The van der Waals surface area contributed by atoms with Crippen molar-refractivity contribution in [2.45, 2.75) is 24.5 Å². The standard InChI is InChI=1S/C10H16N5O13P3/c11-8-5-9(13-2-12-8)15(3-14-5)10-7(6(17)4(1-16)25-10)26-30(21,22)28-31(23,24)27-29(18,19)20/h2-4,6-7,10,16-17H,1H2,(H,21,22)(H,23,24)(H2,11,12,13)(H2,18,19,20)/t4-,6-,7+,10-/m1/s1. The molecule has 21 heteroatoms. The molecule has 1 aliphatic heterocycles. The first-order chi connectivity index (χ1) is 14.2. The van der Waals surface area contributed by atoms with Crippen LogP contribution in [0.25, 0.3) is 11.2 Å². The lowest BCUT2D eigenvalue weighted by Crippen LogP contribution is -2.35. The zero-order chi connectivity index (χ0) is 23.2. The molecule has 2 aromatic heterocycles. The van der Waals surface area contributed by atoms with Crippen molar-refractivity contribution in [3.63, 3.8) is 0 Å². The van der Waals surface area contributed by atoms with E-state index >= 15 is 0 Å². The Labute approximate surface area is 171 Å². The average molecular weight is 507 g/mol. The largest absolute Gasteiger partial charge is 0.490 e. The number of nitrogens with zero attached hydrogens (tertiary/aromatic N) is 4. The van der Waals surface area contributed by atoms with E-state index in [2.05, 4.69) is 23.6 Å². The molecule has 0 aliphatic carbocycles. The first-order valence-electron chi connectivity index (χ1n) is 7.92. The molecule has 6 atom stereocenters. The highest BCUT2D eigenvalue weighted by Gasteiger charge is 2.51. The van der Waals surface area contributed by atoms with Gasteiger partial charge in [0.1, 0.15) is 30.2 Å². The van der Waals surface area contributed by atoms with E-state index in [0.29, 0.717) is 0 Å². The van der Waals surface area contributed by atoms with Crippen molar-refractivity contribution in [2.24, 2.45) is 0 Å². The predicted molar refractivity (Wildman–Crippen MR) is 95.5 cm³/mol. The maximum atomic E-state index is 12.2. The maximum absolute atomic E-state index is 12.2. The number of rotatable bonds is 8. The fourth-order valence-electron chi connectivity index (χ4n) is 2.72. The van der Waals surface area contributed by atoms with Crippen LogP contribution in [-0.4, -0.2) is 74.2 Å². The van der Waals surface area contributed by atoms with Crippen LogP contribution < -0.4 is 5.73 Å². The van der Waals surface area contributed by atoms with Crippen LogP contribution in [0.2, 0.25) is 0 Å². The Morgan fingerprint density at radius 1 is 1.10 bits per heavy atom. The molecule has 31 heavy (non-hydrogen) atoms. The fraction of sp³-hybridized carbons (Fsp3) is 0.500. The van der Waals surface area contributed by atoms with Crippen molar-refractivity contribution in [1.29, 1.82) is 0 Å². The number of phosphoric ester groups is 1. The quantitative estimate of drug-likeness (QED) is 0.197. The predicted octanol–water partition coefficient (Wildman–Crippen LogP) is -1.63. The van der Waals surface area contributed by atoms with Gasteiger partial charge in [-0.15, -0.1) is 0 Å². The van der Waals surface area contributed by atoms with Crippen molar-refractivity contribution in [3.05, 3.63) is 12.7 Å². The first-order valence-corrected chi connectivity index (χ1v) is 12.4. The van der Waals surface area contributed by atoms with E-state index in [0.717, 1.165) is 17.2 Å². The highest BCUT2D eigenvalue weighted by atomic mass is 31.3. The Morgan fingerprint density at radius 3 is 2.39 bits per heavy atom. The van der Waals surface area contributed by atoms with E-state index in [1.807, 2.05) is 0 Å². The van der Waals surface area contributed by atoms with Gasteiger partial charge in [-0.25, -0.2) is 28.6 Å².